The first-order valence-corrected chi connectivity index (χ1v) is 16.9. The molecule has 0 radical (unpaired) electrons. The van der Waals surface area contributed by atoms with E-state index in [2.05, 4.69) is 58.8 Å². The van der Waals surface area contributed by atoms with E-state index >= 15 is 0 Å². The SMILES string of the molecule is CC(C)(C)c1ccc(C23CC4CC(CC(C4)C2CP)C3)c(CP(C2CCCN2)C2CCCN2)c1. The molecule has 1 aromatic carbocycles. The second kappa shape index (κ2) is 9.39. The van der Waals surface area contributed by atoms with Crippen LogP contribution in [0.25, 0.3) is 0 Å². The monoisotopic (exact) mass is 498 g/mol. The first-order chi connectivity index (χ1) is 16.4. The molecule has 4 heteroatoms. The standard InChI is InChI=1S/C30H48N2P2/c1-29(2,3)24-8-9-25(30-16-20-12-21(17-30)14-22(13-20)26(30)18-33)23(15-24)19-34(27-6-4-10-31-27)28-7-5-11-32-28/h8-9,15,20-22,26-28,31-32H,4-7,10-14,16-19,33H2,1-3H3. The van der Waals surface area contributed by atoms with E-state index in [-0.39, 0.29) is 13.3 Å². The Morgan fingerprint density at radius 1 is 0.971 bits per heavy atom. The second-order valence-electron chi connectivity index (χ2n) is 13.6. The van der Waals surface area contributed by atoms with Crippen LogP contribution >= 0.6 is 17.2 Å². The van der Waals surface area contributed by atoms with Gasteiger partial charge in [0.25, 0.3) is 0 Å². The molecule has 4 bridgehead atoms. The average Bonchev–Trinajstić information content (AvgIpc) is 3.51. The maximum Gasteiger partial charge on any atom is 0.0286 e. The molecule has 7 rings (SSSR count). The first kappa shape index (κ1) is 24.3. The van der Waals surface area contributed by atoms with Gasteiger partial charge in [-0.05, 0) is 134 Å². The normalized spacial score (nSPS) is 40.2. The van der Waals surface area contributed by atoms with Crippen molar-refractivity contribution < 1.29 is 0 Å². The molecule has 6 atom stereocenters. The van der Waals surface area contributed by atoms with Crippen LogP contribution in [0.5, 0.6) is 0 Å². The lowest BCUT2D eigenvalue weighted by atomic mass is 9.43. The van der Waals surface area contributed by atoms with Crippen LogP contribution in [0.1, 0.15) is 95.2 Å². The summed E-state index contributed by atoms with van der Waals surface area (Å²) in [6.45, 7) is 9.68. The zero-order chi connectivity index (χ0) is 23.5. The number of rotatable bonds is 6. The Morgan fingerprint density at radius 2 is 1.62 bits per heavy atom. The topological polar surface area (TPSA) is 24.1 Å². The molecular formula is C30H48N2P2. The molecule has 34 heavy (non-hydrogen) atoms. The lowest BCUT2D eigenvalue weighted by Crippen LogP contribution is -2.56. The Hall–Kier alpha value is -0.0000000000000000555. The minimum absolute atomic E-state index is 0.0909. The van der Waals surface area contributed by atoms with Gasteiger partial charge >= 0.3 is 0 Å². The summed E-state index contributed by atoms with van der Waals surface area (Å²) in [6, 6.07) is 7.89. The van der Waals surface area contributed by atoms with Gasteiger partial charge in [-0.15, -0.1) is 9.24 Å². The third-order valence-electron chi connectivity index (χ3n) is 10.5. The average molecular weight is 499 g/mol. The van der Waals surface area contributed by atoms with Gasteiger partial charge < -0.3 is 10.6 Å². The molecule has 2 aliphatic heterocycles. The Kier molecular flexibility index (Phi) is 6.72. The van der Waals surface area contributed by atoms with Crippen molar-refractivity contribution in [3.63, 3.8) is 0 Å². The van der Waals surface area contributed by atoms with Crippen LogP contribution in [0.4, 0.5) is 0 Å². The predicted octanol–water partition coefficient (Wildman–Crippen LogP) is 6.95. The highest BCUT2D eigenvalue weighted by Crippen LogP contribution is 2.65. The molecule has 188 valence electrons. The summed E-state index contributed by atoms with van der Waals surface area (Å²) in [5, 5.41) is 7.92. The molecule has 6 fully saturated rings. The van der Waals surface area contributed by atoms with Crippen LogP contribution in [0.15, 0.2) is 18.2 Å². The van der Waals surface area contributed by atoms with Gasteiger partial charge in [0, 0.05) is 11.6 Å². The fourth-order valence-electron chi connectivity index (χ4n) is 9.19. The summed E-state index contributed by atoms with van der Waals surface area (Å²) in [5.74, 6) is 5.36. The van der Waals surface area contributed by atoms with E-state index in [0.29, 0.717) is 5.41 Å². The Labute approximate surface area is 212 Å². The molecule has 2 nitrogen and oxygen atoms in total. The highest BCUT2D eigenvalue weighted by atomic mass is 31.1. The summed E-state index contributed by atoms with van der Waals surface area (Å²) in [4.78, 5) is 0. The molecule has 0 amide bonds. The van der Waals surface area contributed by atoms with E-state index < -0.39 is 0 Å². The van der Waals surface area contributed by atoms with Gasteiger partial charge in [-0.1, -0.05) is 46.9 Å². The van der Waals surface area contributed by atoms with E-state index in [9.17, 15) is 0 Å². The van der Waals surface area contributed by atoms with Crippen molar-refractivity contribution in [2.75, 3.05) is 19.3 Å². The summed E-state index contributed by atoms with van der Waals surface area (Å²) in [7, 11) is 3.10. The van der Waals surface area contributed by atoms with E-state index in [1.165, 1.54) is 83.2 Å². The number of nitrogens with one attached hydrogen (secondary N) is 2. The highest BCUT2D eigenvalue weighted by molar-refractivity contribution is 7.58. The van der Waals surface area contributed by atoms with Crippen molar-refractivity contribution in [2.24, 2.45) is 23.7 Å². The third kappa shape index (κ3) is 4.26. The van der Waals surface area contributed by atoms with Crippen molar-refractivity contribution in [1.29, 1.82) is 0 Å². The van der Waals surface area contributed by atoms with Crippen molar-refractivity contribution in [2.45, 2.75) is 107 Å². The van der Waals surface area contributed by atoms with Crippen LogP contribution in [-0.4, -0.2) is 30.8 Å². The Bertz CT molecular complexity index is 850. The molecule has 2 heterocycles. The lowest BCUT2D eigenvalue weighted by Gasteiger charge is -2.62. The summed E-state index contributed by atoms with van der Waals surface area (Å²) < 4.78 is 0. The molecule has 6 unspecified atom stereocenters. The number of benzene rings is 1. The minimum Gasteiger partial charge on any atom is -0.310 e. The third-order valence-corrected chi connectivity index (χ3v) is 14.2. The molecule has 6 aliphatic rings. The van der Waals surface area contributed by atoms with Crippen LogP contribution in [0.3, 0.4) is 0 Å². The van der Waals surface area contributed by atoms with Crippen molar-refractivity contribution in [3.8, 4) is 0 Å². The quantitative estimate of drug-likeness (QED) is 0.415. The van der Waals surface area contributed by atoms with Gasteiger partial charge in [-0.3, -0.25) is 0 Å². The van der Waals surface area contributed by atoms with Crippen LogP contribution in [-0.2, 0) is 17.0 Å². The number of hydrogen-bond acceptors (Lipinski definition) is 2. The summed E-state index contributed by atoms with van der Waals surface area (Å²) in [6.07, 6.45) is 15.7. The van der Waals surface area contributed by atoms with Gasteiger partial charge in [0.15, 0.2) is 0 Å². The zero-order valence-electron chi connectivity index (χ0n) is 21.9. The molecule has 4 saturated carbocycles. The predicted molar refractivity (Wildman–Crippen MR) is 151 cm³/mol. The smallest absolute Gasteiger partial charge is 0.0286 e. The molecule has 4 aliphatic carbocycles. The minimum atomic E-state index is -0.0909. The van der Waals surface area contributed by atoms with E-state index in [0.717, 1.165) is 35.2 Å². The molecule has 2 N–H and O–H groups in total. The molecular weight excluding hydrogens is 450 g/mol. The molecule has 1 aromatic rings. The van der Waals surface area contributed by atoms with Crippen LogP contribution < -0.4 is 10.6 Å². The fraction of sp³-hybridized carbons (Fsp3) is 0.800. The molecule has 0 spiro atoms. The number of hydrogen-bond donors (Lipinski definition) is 2. The molecule has 0 aromatic heterocycles. The zero-order valence-corrected chi connectivity index (χ0v) is 24.0. The lowest BCUT2D eigenvalue weighted by molar-refractivity contribution is -0.0520. The van der Waals surface area contributed by atoms with Gasteiger partial charge in [-0.2, -0.15) is 0 Å². The molecule has 2 saturated heterocycles. The summed E-state index contributed by atoms with van der Waals surface area (Å²) >= 11 is 0. The largest absolute Gasteiger partial charge is 0.310 e. The van der Waals surface area contributed by atoms with Crippen LogP contribution in [0, 0.1) is 23.7 Å². The highest BCUT2D eigenvalue weighted by Gasteiger charge is 2.57. The van der Waals surface area contributed by atoms with Crippen molar-refractivity contribution >= 4 is 17.2 Å². The van der Waals surface area contributed by atoms with E-state index in [4.69, 9.17) is 0 Å². The maximum absolute atomic E-state index is 3.96. The van der Waals surface area contributed by atoms with Gasteiger partial charge in [0.05, 0.1) is 0 Å². The first-order valence-electron chi connectivity index (χ1n) is 14.4. The Balaban J connectivity index is 1.43. The van der Waals surface area contributed by atoms with E-state index in [1.54, 1.807) is 16.7 Å². The fourth-order valence-corrected chi connectivity index (χ4v) is 13.3. The second-order valence-corrected chi connectivity index (χ2v) is 16.7. The van der Waals surface area contributed by atoms with Gasteiger partial charge in [0.2, 0.25) is 0 Å². The van der Waals surface area contributed by atoms with Gasteiger partial charge in [0.1, 0.15) is 0 Å². The van der Waals surface area contributed by atoms with Crippen LogP contribution in [0.2, 0.25) is 0 Å². The van der Waals surface area contributed by atoms with Crippen molar-refractivity contribution in [1.82, 2.24) is 10.6 Å². The van der Waals surface area contributed by atoms with E-state index in [1.807, 2.05) is 0 Å². The maximum atomic E-state index is 3.96. The summed E-state index contributed by atoms with van der Waals surface area (Å²) in [5.41, 5.74) is 5.78. The van der Waals surface area contributed by atoms with Crippen molar-refractivity contribution in [3.05, 3.63) is 34.9 Å². The van der Waals surface area contributed by atoms with Gasteiger partial charge in [-0.25, -0.2) is 0 Å². The Morgan fingerprint density at radius 3 is 2.15 bits per heavy atom.